The van der Waals surface area contributed by atoms with Crippen LogP contribution in [0.25, 0.3) is 0 Å². The van der Waals surface area contributed by atoms with Crippen LogP contribution in [-0.4, -0.2) is 17.4 Å². The van der Waals surface area contributed by atoms with Gasteiger partial charge < -0.3 is 5.73 Å². The molecule has 1 amide bonds. The molecule has 0 aromatic heterocycles. The minimum atomic E-state index is -0.610. The van der Waals surface area contributed by atoms with E-state index in [1.54, 1.807) is 11.8 Å². The fourth-order valence-corrected chi connectivity index (χ4v) is 4.77. The van der Waals surface area contributed by atoms with Crippen molar-refractivity contribution in [2.75, 3.05) is 5.75 Å². The van der Waals surface area contributed by atoms with E-state index >= 15 is 0 Å². The fraction of sp³-hybridized carbons (Fsp3) is 0.333. The van der Waals surface area contributed by atoms with E-state index in [-0.39, 0.29) is 16.6 Å². The fourth-order valence-electron chi connectivity index (χ4n) is 2.06. The van der Waals surface area contributed by atoms with Crippen molar-refractivity contribution >= 4 is 35.2 Å². The number of ketones is 1. The van der Waals surface area contributed by atoms with Crippen molar-refractivity contribution in [1.82, 2.24) is 0 Å². The third kappa shape index (κ3) is 3.27. The third-order valence-corrected chi connectivity index (χ3v) is 5.61. The molecule has 2 rings (SSSR count). The molecule has 0 saturated heterocycles. The molecule has 0 bridgehead atoms. The second-order valence-corrected chi connectivity index (χ2v) is 7.35. The number of amides is 1. The minimum Gasteiger partial charge on any atom is -0.365 e. The predicted octanol–water partition coefficient (Wildman–Crippen LogP) is 3.19. The minimum absolute atomic E-state index is 0.0697. The second-order valence-electron chi connectivity index (χ2n) is 4.60. The number of Topliss-reactive ketones (excluding diaryl/α,β-unsaturated/α-hetero) is 1. The molecule has 106 valence electrons. The van der Waals surface area contributed by atoms with Gasteiger partial charge in [0.25, 0.3) is 5.91 Å². The highest BCUT2D eigenvalue weighted by Crippen LogP contribution is 2.47. The molecule has 0 saturated carbocycles. The third-order valence-electron chi connectivity index (χ3n) is 3.07. The maximum atomic E-state index is 12.2. The molecule has 0 radical (unpaired) electrons. The van der Waals surface area contributed by atoms with Crippen molar-refractivity contribution in [3.63, 3.8) is 0 Å². The molecular weight excluding hydrogens is 290 g/mol. The molecule has 1 aliphatic rings. The zero-order chi connectivity index (χ0) is 14.7. The van der Waals surface area contributed by atoms with E-state index in [0.717, 1.165) is 15.6 Å². The zero-order valence-corrected chi connectivity index (χ0v) is 13.1. The lowest BCUT2D eigenvalue weighted by Crippen LogP contribution is -2.25. The van der Waals surface area contributed by atoms with E-state index in [2.05, 4.69) is 0 Å². The van der Waals surface area contributed by atoms with Crippen LogP contribution in [0.3, 0.4) is 0 Å². The van der Waals surface area contributed by atoms with E-state index in [9.17, 15) is 9.59 Å². The summed E-state index contributed by atoms with van der Waals surface area (Å²) in [6.45, 7) is 4.03. The molecule has 1 aromatic rings. The Morgan fingerprint density at radius 2 is 2.05 bits per heavy atom. The van der Waals surface area contributed by atoms with Crippen LogP contribution in [0, 0.1) is 6.92 Å². The van der Waals surface area contributed by atoms with Gasteiger partial charge in [-0.15, -0.1) is 23.5 Å². The molecule has 1 unspecified atom stereocenters. The van der Waals surface area contributed by atoms with Crippen molar-refractivity contribution in [2.24, 2.45) is 5.73 Å². The molecule has 5 heteroatoms. The normalized spacial score (nSPS) is 19.3. The van der Waals surface area contributed by atoms with Crippen LogP contribution in [0.2, 0.25) is 0 Å². The molecule has 1 heterocycles. The number of rotatable bonds is 4. The summed E-state index contributed by atoms with van der Waals surface area (Å²) in [6, 6.07) is 8.17. The van der Waals surface area contributed by atoms with Gasteiger partial charge in [0.15, 0.2) is 5.78 Å². The Bertz CT molecular complexity index is 564. The van der Waals surface area contributed by atoms with Gasteiger partial charge in [-0.1, -0.05) is 36.8 Å². The molecule has 1 aromatic carbocycles. The van der Waals surface area contributed by atoms with Crippen molar-refractivity contribution in [3.05, 3.63) is 45.2 Å². The molecule has 0 aliphatic carbocycles. The standard InChI is InChI=1S/C15H17NO2S2/c1-3-19-15-13(14(16)18)11(17)8-12(20-15)10-6-4-9(2)5-7-10/h4-7,12H,3,8H2,1-2H3,(H2,16,18). The molecule has 1 aliphatic heterocycles. The first-order chi connectivity index (χ1) is 9.52. The maximum Gasteiger partial charge on any atom is 0.254 e. The Hall–Kier alpha value is -1.20. The topological polar surface area (TPSA) is 60.2 Å². The summed E-state index contributed by atoms with van der Waals surface area (Å²) in [5.74, 6) is 0.0612. The first-order valence-corrected chi connectivity index (χ1v) is 8.32. The summed E-state index contributed by atoms with van der Waals surface area (Å²) in [5, 5.41) is 0.0697. The van der Waals surface area contributed by atoms with Gasteiger partial charge in [0.05, 0.1) is 4.24 Å². The monoisotopic (exact) mass is 307 g/mol. The smallest absolute Gasteiger partial charge is 0.254 e. The summed E-state index contributed by atoms with van der Waals surface area (Å²) < 4.78 is 0.766. The number of hydrogen-bond donors (Lipinski definition) is 1. The van der Waals surface area contributed by atoms with Crippen LogP contribution in [0.5, 0.6) is 0 Å². The highest BCUT2D eigenvalue weighted by molar-refractivity contribution is 8.22. The zero-order valence-electron chi connectivity index (χ0n) is 11.5. The first kappa shape index (κ1) is 15.2. The molecule has 0 fully saturated rings. The Balaban J connectivity index is 2.32. The van der Waals surface area contributed by atoms with Crippen LogP contribution in [-0.2, 0) is 9.59 Å². The molecular formula is C15H17NO2S2. The maximum absolute atomic E-state index is 12.2. The van der Waals surface area contributed by atoms with Gasteiger partial charge in [0, 0.05) is 11.7 Å². The summed E-state index contributed by atoms with van der Waals surface area (Å²) in [4.78, 5) is 23.6. The lowest BCUT2D eigenvalue weighted by molar-refractivity contribution is -0.121. The van der Waals surface area contributed by atoms with E-state index in [4.69, 9.17) is 5.73 Å². The van der Waals surface area contributed by atoms with Crippen molar-refractivity contribution < 1.29 is 9.59 Å². The van der Waals surface area contributed by atoms with Crippen LogP contribution in [0.4, 0.5) is 0 Å². The Morgan fingerprint density at radius 1 is 1.40 bits per heavy atom. The summed E-state index contributed by atoms with van der Waals surface area (Å²) in [5.41, 5.74) is 7.83. The van der Waals surface area contributed by atoms with E-state index < -0.39 is 5.91 Å². The molecule has 20 heavy (non-hydrogen) atoms. The van der Waals surface area contributed by atoms with Gasteiger partial charge in [-0.25, -0.2) is 0 Å². The van der Waals surface area contributed by atoms with Gasteiger partial charge in [-0.3, -0.25) is 9.59 Å². The number of nitrogens with two attached hydrogens (primary N) is 1. The van der Waals surface area contributed by atoms with E-state index in [1.807, 2.05) is 38.1 Å². The Kier molecular flexibility index (Phi) is 4.94. The number of aryl methyl sites for hydroxylation is 1. The van der Waals surface area contributed by atoms with Crippen molar-refractivity contribution in [1.29, 1.82) is 0 Å². The lowest BCUT2D eigenvalue weighted by Gasteiger charge is -2.24. The Morgan fingerprint density at radius 3 is 2.60 bits per heavy atom. The van der Waals surface area contributed by atoms with E-state index in [1.165, 1.54) is 17.3 Å². The number of primary amides is 1. The highest BCUT2D eigenvalue weighted by atomic mass is 32.2. The molecule has 1 atom stereocenters. The van der Waals surface area contributed by atoms with E-state index in [0.29, 0.717) is 6.42 Å². The van der Waals surface area contributed by atoms with Crippen molar-refractivity contribution in [2.45, 2.75) is 25.5 Å². The van der Waals surface area contributed by atoms with Crippen LogP contribution in [0.15, 0.2) is 34.1 Å². The van der Waals surface area contributed by atoms with Crippen LogP contribution >= 0.6 is 23.5 Å². The summed E-state index contributed by atoms with van der Waals surface area (Å²) >= 11 is 3.09. The number of hydrogen-bond acceptors (Lipinski definition) is 4. The van der Waals surface area contributed by atoms with Gasteiger partial charge in [0.1, 0.15) is 5.57 Å². The van der Waals surface area contributed by atoms with Gasteiger partial charge in [-0.05, 0) is 18.2 Å². The number of benzene rings is 1. The number of thioether (sulfide) groups is 2. The van der Waals surface area contributed by atoms with Gasteiger partial charge in [0.2, 0.25) is 0 Å². The Labute approximate surface area is 127 Å². The van der Waals surface area contributed by atoms with Crippen molar-refractivity contribution in [3.8, 4) is 0 Å². The average Bonchev–Trinajstić information content (AvgIpc) is 2.38. The van der Waals surface area contributed by atoms with Crippen LogP contribution in [0.1, 0.15) is 29.7 Å². The highest BCUT2D eigenvalue weighted by Gasteiger charge is 2.32. The summed E-state index contributed by atoms with van der Waals surface area (Å²) in [7, 11) is 0. The molecule has 0 spiro atoms. The quantitative estimate of drug-likeness (QED) is 0.868. The number of carbonyl (C=O) groups is 2. The lowest BCUT2D eigenvalue weighted by atomic mass is 10.0. The number of carbonyl (C=O) groups excluding carboxylic acids is 2. The first-order valence-electron chi connectivity index (χ1n) is 6.46. The van der Waals surface area contributed by atoms with Gasteiger partial charge in [-0.2, -0.15) is 0 Å². The second kappa shape index (κ2) is 6.50. The SMILES string of the molecule is CCSC1=C(C(N)=O)C(=O)CC(c2ccc(C)cc2)S1. The average molecular weight is 307 g/mol. The predicted molar refractivity (Wildman–Crippen MR) is 85.5 cm³/mol. The molecule has 3 nitrogen and oxygen atoms in total. The molecule has 2 N–H and O–H groups in total. The summed E-state index contributed by atoms with van der Waals surface area (Å²) in [6.07, 6.45) is 0.333. The van der Waals surface area contributed by atoms with Gasteiger partial charge >= 0.3 is 0 Å². The largest absolute Gasteiger partial charge is 0.365 e. The van der Waals surface area contributed by atoms with Crippen LogP contribution < -0.4 is 5.73 Å².